The molecule has 0 saturated carbocycles. The van der Waals surface area contributed by atoms with Gasteiger partial charge in [-0.1, -0.05) is 13.0 Å². The van der Waals surface area contributed by atoms with Gasteiger partial charge in [-0.25, -0.2) is 4.79 Å². The van der Waals surface area contributed by atoms with Gasteiger partial charge in [-0.3, -0.25) is 4.79 Å². The van der Waals surface area contributed by atoms with E-state index in [1.54, 1.807) is 6.92 Å². The molecule has 16 heavy (non-hydrogen) atoms. The van der Waals surface area contributed by atoms with Gasteiger partial charge in [-0.15, -0.1) is 0 Å². The molecule has 0 spiro atoms. The van der Waals surface area contributed by atoms with Gasteiger partial charge in [-0.05, 0) is 19.4 Å². The molecule has 0 heterocycles. The number of hydrogen-bond donors (Lipinski definition) is 3. The number of aliphatic carboxylic acids is 2. The van der Waals surface area contributed by atoms with Gasteiger partial charge in [-0.2, -0.15) is 0 Å². The zero-order chi connectivity index (χ0) is 12.5. The van der Waals surface area contributed by atoms with Crippen LogP contribution in [0.3, 0.4) is 0 Å². The Labute approximate surface area is 93.3 Å². The molecule has 0 aromatic carbocycles. The minimum Gasteiger partial charge on any atom is -0.481 e. The number of carbonyl (C=O) groups is 2. The van der Waals surface area contributed by atoms with Crippen LogP contribution in [-0.4, -0.2) is 22.2 Å². The summed E-state index contributed by atoms with van der Waals surface area (Å²) in [5, 5.41) is 18.2. The largest absolute Gasteiger partial charge is 0.481 e. The van der Waals surface area contributed by atoms with Crippen molar-refractivity contribution in [3.63, 3.8) is 0 Å². The van der Waals surface area contributed by atoms with Crippen LogP contribution in [0.1, 0.15) is 20.3 Å². The van der Waals surface area contributed by atoms with Crippen molar-refractivity contribution in [2.24, 2.45) is 17.1 Å². The molecule has 5 nitrogen and oxygen atoms in total. The van der Waals surface area contributed by atoms with Gasteiger partial charge in [0.15, 0.2) is 0 Å². The van der Waals surface area contributed by atoms with Crippen LogP contribution in [0.15, 0.2) is 23.4 Å². The van der Waals surface area contributed by atoms with E-state index >= 15 is 0 Å². The molecule has 0 aromatic rings. The number of carboxylic acids is 2. The zero-order valence-corrected chi connectivity index (χ0v) is 9.23. The SMILES string of the molecule is CCC1C(C(=O)O)=C(N)C=CC1(C)C(=O)O. The number of rotatable bonds is 3. The maximum absolute atomic E-state index is 11.2. The Hall–Kier alpha value is -1.78. The van der Waals surface area contributed by atoms with Gasteiger partial charge in [0.1, 0.15) is 0 Å². The molecule has 0 saturated heterocycles. The summed E-state index contributed by atoms with van der Waals surface area (Å²) in [6.07, 6.45) is 3.24. The lowest BCUT2D eigenvalue weighted by atomic mass is 9.68. The Morgan fingerprint density at radius 3 is 2.44 bits per heavy atom. The predicted molar refractivity (Wildman–Crippen MR) is 57.5 cm³/mol. The van der Waals surface area contributed by atoms with E-state index in [9.17, 15) is 14.7 Å². The summed E-state index contributed by atoms with van der Waals surface area (Å²) in [7, 11) is 0. The molecule has 2 atom stereocenters. The van der Waals surface area contributed by atoms with E-state index in [2.05, 4.69) is 0 Å². The second-order valence-electron chi connectivity index (χ2n) is 4.06. The molecule has 5 heteroatoms. The van der Waals surface area contributed by atoms with Crippen LogP contribution in [0, 0.1) is 11.3 Å². The van der Waals surface area contributed by atoms with Crippen molar-refractivity contribution in [3.8, 4) is 0 Å². The summed E-state index contributed by atoms with van der Waals surface area (Å²) < 4.78 is 0. The Kier molecular flexibility index (Phi) is 3.07. The first-order chi connectivity index (χ1) is 7.34. The first-order valence-electron chi connectivity index (χ1n) is 5.00. The molecule has 0 amide bonds. The second kappa shape index (κ2) is 4.00. The van der Waals surface area contributed by atoms with Gasteiger partial charge in [0.25, 0.3) is 0 Å². The topological polar surface area (TPSA) is 101 Å². The van der Waals surface area contributed by atoms with E-state index in [0.717, 1.165) is 0 Å². The van der Waals surface area contributed by atoms with Gasteiger partial charge >= 0.3 is 11.9 Å². The Bertz CT molecular complexity index is 397. The second-order valence-corrected chi connectivity index (χ2v) is 4.06. The lowest BCUT2D eigenvalue weighted by molar-refractivity contribution is -0.147. The molecular weight excluding hydrogens is 210 g/mol. The van der Waals surface area contributed by atoms with Crippen molar-refractivity contribution in [2.45, 2.75) is 20.3 Å². The van der Waals surface area contributed by atoms with Crippen LogP contribution >= 0.6 is 0 Å². The van der Waals surface area contributed by atoms with Crippen molar-refractivity contribution in [1.29, 1.82) is 0 Å². The highest BCUT2D eigenvalue weighted by molar-refractivity contribution is 5.92. The van der Waals surface area contributed by atoms with E-state index in [-0.39, 0.29) is 11.3 Å². The maximum Gasteiger partial charge on any atom is 0.333 e. The molecule has 1 aliphatic rings. The molecule has 0 fully saturated rings. The van der Waals surface area contributed by atoms with Gasteiger partial charge in [0.2, 0.25) is 0 Å². The first kappa shape index (κ1) is 12.3. The van der Waals surface area contributed by atoms with Crippen LogP contribution in [0.4, 0.5) is 0 Å². The smallest absolute Gasteiger partial charge is 0.333 e. The zero-order valence-electron chi connectivity index (χ0n) is 9.23. The summed E-state index contributed by atoms with van der Waals surface area (Å²) >= 11 is 0. The normalized spacial score (nSPS) is 29.2. The van der Waals surface area contributed by atoms with Crippen LogP contribution in [-0.2, 0) is 9.59 Å². The van der Waals surface area contributed by atoms with Crippen molar-refractivity contribution >= 4 is 11.9 Å². The Morgan fingerprint density at radius 1 is 1.50 bits per heavy atom. The Balaban J connectivity index is 3.32. The fourth-order valence-electron chi connectivity index (χ4n) is 2.09. The molecule has 0 radical (unpaired) electrons. The van der Waals surface area contributed by atoms with Crippen molar-refractivity contribution in [3.05, 3.63) is 23.4 Å². The predicted octanol–water partition coefficient (Wildman–Crippen LogP) is 0.971. The molecule has 0 bridgehead atoms. The standard InChI is InChI=1S/C11H15NO4/c1-3-6-8(9(13)14)7(12)4-5-11(6,2)10(15)16/h4-6H,3,12H2,1-2H3,(H,13,14)(H,15,16). The third kappa shape index (κ3) is 1.68. The van der Waals surface area contributed by atoms with Crippen LogP contribution < -0.4 is 5.73 Å². The molecular formula is C11H15NO4. The summed E-state index contributed by atoms with van der Waals surface area (Å²) in [6, 6.07) is 0. The molecule has 2 unspecified atom stereocenters. The summed E-state index contributed by atoms with van der Waals surface area (Å²) in [6.45, 7) is 3.26. The molecule has 1 rings (SSSR count). The quantitative estimate of drug-likeness (QED) is 0.664. The van der Waals surface area contributed by atoms with E-state index < -0.39 is 23.3 Å². The van der Waals surface area contributed by atoms with Gasteiger partial charge in [0, 0.05) is 11.6 Å². The van der Waals surface area contributed by atoms with E-state index in [4.69, 9.17) is 10.8 Å². The lowest BCUT2D eigenvalue weighted by Crippen LogP contribution is -2.39. The molecule has 1 aliphatic carbocycles. The third-order valence-corrected chi connectivity index (χ3v) is 3.09. The summed E-state index contributed by atoms with van der Waals surface area (Å²) in [4.78, 5) is 22.3. The summed E-state index contributed by atoms with van der Waals surface area (Å²) in [5.41, 5.74) is 4.52. The number of nitrogens with two attached hydrogens (primary N) is 1. The fourth-order valence-corrected chi connectivity index (χ4v) is 2.09. The van der Waals surface area contributed by atoms with Crippen LogP contribution in [0.2, 0.25) is 0 Å². The van der Waals surface area contributed by atoms with Gasteiger partial charge in [0.05, 0.1) is 11.0 Å². The molecule has 0 aliphatic heterocycles. The highest BCUT2D eigenvalue weighted by atomic mass is 16.4. The van der Waals surface area contributed by atoms with Crippen LogP contribution in [0.5, 0.6) is 0 Å². The van der Waals surface area contributed by atoms with E-state index in [1.165, 1.54) is 19.1 Å². The molecule has 4 N–H and O–H groups in total. The van der Waals surface area contributed by atoms with Crippen molar-refractivity contribution in [1.82, 2.24) is 0 Å². The Morgan fingerprint density at radius 2 is 2.06 bits per heavy atom. The maximum atomic E-state index is 11.2. The van der Waals surface area contributed by atoms with E-state index in [0.29, 0.717) is 6.42 Å². The average Bonchev–Trinajstić information content (AvgIpc) is 2.20. The highest BCUT2D eigenvalue weighted by Gasteiger charge is 2.44. The summed E-state index contributed by atoms with van der Waals surface area (Å²) in [5.74, 6) is -2.80. The van der Waals surface area contributed by atoms with Crippen molar-refractivity contribution in [2.75, 3.05) is 0 Å². The minimum atomic E-state index is -1.20. The number of carboxylic acid groups (broad SMARTS) is 2. The van der Waals surface area contributed by atoms with Gasteiger partial charge < -0.3 is 15.9 Å². The first-order valence-corrected chi connectivity index (χ1v) is 5.00. The highest BCUT2D eigenvalue weighted by Crippen LogP contribution is 2.41. The average molecular weight is 225 g/mol. The lowest BCUT2D eigenvalue weighted by Gasteiger charge is -2.34. The van der Waals surface area contributed by atoms with E-state index in [1.807, 2.05) is 0 Å². The van der Waals surface area contributed by atoms with Crippen molar-refractivity contribution < 1.29 is 19.8 Å². The monoisotopic (exact) mass is 225 g/mol. The third-order valence-electron chi connectivity index (χ3n) is 3.09. The minimum absolute atomic E-state index is 0.00472. The van der Waals surface area contributed by atoms with Crippen LogP contribution in [0.25, 0.3) is 0 Å². The fraction of sp³-hybridized carbons (Fsp3) is 0.455. The molecule has 0 aromatic heterocycles. The molecule has 88 valence electrons. The number of hydrogen-bond acceptors (Lipinski definition) is 3. The number of allylic oxidation sites excluding steroid dienone is 1.